The zero-order valence-electron chi connectivity index (χ0n) is 13.6. The third-order valence-corrected chi connectivity index (χ3v) is 7.98. The lowest BCUT2D eigenvalue weighted by molar-refractivity contribution is -0.135. The molecule has 4 rings (SSSR count). The summed E-state index contributed by atoms with van der Waals surface area (Å²) in [6.45, 7) is 2.04. The fourth-order valence-corrected chi connectivity index (χ4v) is 6.66. The molecule has 126 valence electrons. The van der Waals surface area contributed by atoms with Crippen molar-refractivity contribution in [3.63, 3.8) is 0 Å². The van der Waals surface area contributed by atoms with Crippen LogP contribution in [0.2, 0.25) is 0 Å². The summed E-state index contributed by atoms with van der Waals surface area (Å²) in [5, 5.41) is 13.1. The minimum absolute atomic E-state index is 0.0635. The minimum atomic E-state index is -0.430. The van der Waals surface area contributed by atoms with Crippen molar-refractivity contribution >= 4 is 39.9 Å². The number of hydrogen-bond donors (Lipinski definition) is 1. The molecule has 2 amide bonds. The van der Waals surface area contributed by atoms with Gasteiger partial charge in [-0.1, -0.05) is 0 Å². The van der Waals surface area contributed by atoms with E-state index in [9.17, 15) is 14.9 Å². The summed E-state index contributed by atoms with van der Waals surface area (Å²) in [6.07, 6.45) is 5.48. The molecule has 0 saturated carbocycles. The second-order valence-electron chi connectivity index (χ2n) is 6.78. The molecule has 1 N–H and O–H groups in total. The van der Waals surface area contributed by atoms with Crippen LogP contribution in [0.15, 0.2) is 0 Å². The molecule has 2 atom stereocenters. The van der Waals surface area contributed by atoms with Gasteiger partial charge in [0, 0.05) is 17.1 Å². The maximum Gasteiger partial charge on any atom is 0.248 e. The van der Waals surface area contributed by atoms with E-state index in [4.69, 9.17) is 0 Å². The zero-order chi connectivity index (χ0) is 16.9. The molecule has 0 bridgehead atoms. The highest BCUT2D eigenvalue weighted by Crippen LogP contribution is 2.47. The van der Waals surface area contributed by atoms with Gasteiger partial charge in [0.05, 0.1) is 10.4 Å². The van der Waals surface area contributed by atoms with Crippen LogP contribution in [0.25, 0.3) is 0 Å². The van der Waals surface area contributed by atoms with Crippen LogP contribution < -0.4 is 5.32 Å². The number of carbonyl (C=O) groups is 2. The van der Waals surface area contributed by atoms with Crippen molar-refractivity contribution in [1.29, 1.82) is 5.26 Å². The normalized spacial score (nSPS) is 28.4. The van der Waals surface area contributed by atoms with Crippen LogP contribution in [0.3, 0.4) is 0 Å². The van der Waals surface area contributed by atoms with Crippen LogP contribution >= 0.6 is 23.1 Å². The van der Waals surface area contributed by atoms with E-state index in [-0.39, 0.29) is 16.7 Å². The summed E-state index contributed by atoms with van der Waals surface area (Å²) >= 11 is 3.22. The van der Waals surface area contributed by atoms with Crippen molar-refractivity contribution in [2.45, 2.75) is 56.4 Å². The number of carbonyl (C=O) groups excluding carboxylic acids is 2. The van der Waals surface area contributed by atoms with Gasteiger partial charge in [-0.2, -0.15) is 5.26 Å². The molecule has 0 aromatic carbocycles. The SMILES string of the molecule is C[C@@]12CCC(=O)N1[C@@H](C(=O)Nc1sc3c(c1C#N)CCCC3)CS2. The molecule has 5 nitrogen and oxygen atoms in total. The van der Waals surface area contributed by atoms with Gasteiger partial charge in [0.15, 0.2) is 0 Å². The highest BCUT2D eigenvalue weighted by molar-refractivity contribution is 8.01. The van der Waals surface area contributed by atoms with Crippen LogP contribution in [0.1, 0.15) is 48.6 Å². The molecule has 1 aliphatic carbocycles. The first-order valence-electron chi connectivity index (χ1n) is 8.35. The van der Waals surface area contributed by atoms with E-state index in [1.54, 1.807) is 16.7 Å². The van der Waals surface area contributed by atoms with Gasteiger partial charge in [-0.05, 0) is 44.6 Å². The predicted octanol–water partition coefficient (Wildman–Crippen LogP) is 2.89. The highest BCUT2D eigenvalue weighted by atomic mass is 32.2. The van der Waals surface area contributed by atoms with Gasteiger partial charge in [0.25, 0.3) is 0 Å². The monoisotopic (exact) mass is 361 g/mol. The van der Waals surface area contributed by atoms with E-state index in [1.807, 2.05) is 6.92 Å². The maximum absolute atomic E-state index is 12.8. The number of thioether (sulfide) groups is 1. The number of rotatable bonds is 2. The minimum Gasteiger partial charge on any atom is -0.315 e. The molecule has 3 aliphatic rings. The number of anilines is 1. The van der Waals surface area contributed by atoms with Crippen LogP contribution in [0.4, 0.5) is 5.00 Å². The van der Waals surface area contributed by atoms with Gasteiger partial charge in [0.1, 0.15) is 17.1 Å². The number of nitrogens with zero attached hydrogens (tertiary/aromatic N) is 2. The van der Waals surface area contributed by atoms with Crippen molar-refractivity contribution in [3.05, 3.63) is 16.0 Å². The van der Waals surface area contributed by atoms with Crippen molar-refractivity contribution in [3.8, 4) is 6.07 Å². The average Bonchev–Trinajstić information content (AvgIpc) is 3.18. The molecular formula is C17H19N3O2S2. The topological polar surface area (TPSA) is 73.2 Å². The van der Waals surface area contributed by atoms with E-state index >= 15 is 0 Å². The van der Waals surface area contributed by atoms with Gasteiger partial charge >= 0.3 is 0 Å². The zero-order valence-corrected chi connectivity index (χ0v) is 15.2. The number of hydrogen-bond acceptors (Lipinski definition) is 5. The Morgan fingerprint density at radius 3 is 2.96 bits per heavy atom. The van der Waals surface area contributed by atoms with Crippen LogP contribution in [0, 0.1) is 11.3 Å². The predicted molar refractivity (Wildman–Crippen MR) is 95.0 cm³/mol. The average molecular weight is 361 g/mol. The molecular weight excluding hydrogens is 342 g/mol. The molecule has 2 fully saturated rings. The summed E-state index contributed by atoms with van der Waals surface area (Å²) in [6, 6.07) is 1.84. The Labute approximate surface area is 149 Å². The van der Waals surface area contributed by atoms with Gasteiger partial charge in [-0.3, -0.25) is 9.59 Å². The Hall–Kier alpha value is -1.52. The van der Waals surface area contributed by atoms with E-state index in [1.165, 1.54) is 16.2 Å². The van der Waals surface area contributed by atoms with Gasteiger partial charge in [-0.25, -0.2) is 0 Å². The van der Waals surface area contributed by atoms with Crippen molar-refractivity contribution < 1.29 is 9.59 Å². The Morgan fingerprint density at radius 1 is 1.38 bits per heavy atom. The lowest BCUT2D eigenvalue weighted by Crippen LogP contribution is -2.48. The van der Waals surface area contributed by atoms with Crippen molar-refractivity contribution in [2.24, 2.45) is 0 Å². The molecule has 0 unspecified atom stereocenters. The molecule has 24 heavy (non-hydrogen) atoms. The molecule has 2 saturated heterocycles. The fraction of sp³-hybridized carbons (Fsp3) is 0.588. The number of thiophene rings is 1. The number of amides is 2. The van der Waals surface area contributed by atoms with E-state index in [2.05, 4.69) is 11.4 Å². The first-order chi connectivity index (χ1) is 11.5. The summed E-state index contributed by atoms with van der Waals surface area (Å²) in [4.78, 5) is 27.7. The van der Waals surface area contributed by atoms with Gasteiger partial charge in [0.2, 0.25) is 11.8 Å². The summed E-state index contributed by atoms with van der Waals surface area (Å²) < 4.78 is 0. The number of aryl methyl sites for hydroxylation is 1. The Bertz CT molecular complexity index is 767. The quantitative estimate of drug-likeness (QED) is 0.879. The fourth-order valence-electron chi connectivity index (χ4n) is 3.98. The summed E-state index contributed by atoms with van der Waals surface area (Å²) in [5.41, 5.74) is 1.75. The standard InChI is InChI=1S/C17H19N3O2S2/c1-17-7-6-14(21)20(17)12(9-23-17)15(22)19-16-11(8-18)10-4-2-3-5-13(10)24-16/h12H,2-7,9H2,1H3,(H,19,22)/t12-,17-/m1/s1. The van der Waals surface area contributed by atoms with E-state index in [0.29, 0.717) is 22.7 Å². The lowest BCUT2D eigenvalue weighted by atomic mass is 9.96. The van der Waals surface area contributed by atoms with Crippen molar-refractivity contribution in [2.75, 3.05) is 11.1 Å². The third-order valence-electron chi connectivity index (χ3n) is 5.27. The maximum atomic E-state index is 12.8. The van der Waals surface area contributed by atoms with E-state index in [0.717, 1.165) is 37.7 Å². The van der Waals surface area contributed by atoms with Crippen LogP contribution in [-0.2, 0) is 22.4 Å². The Morgan fingerprint density at radius 2 is 2.17 bits per heavy atom. The third kappa shape index (κ3) is 2.35. The number of nitrogens with one attached hydrogen (secondary N) is 1. The smallest absolute Gasteiger partial charge is 0.248 e. The Kier molecular flexibility index (Phi) is 3.85. The molecule has 1 aromatic rings. The molecule has 0 spiro atoms. The van der Waals surface area contributed by atoms with Crippen molar-refractivity contribution in [1.82, 2.24) is 4.90 Å². The van der Waals surface area contributed by atoms with E-state index < -0.39 is 6.04 Å². The number of fused-ring (bicyclic) bond motifs is 2. The van der Waals surface area contributed by atoms with Crippen LogP contribution in [0.5, 0.6) is 0 Å². The van der Waals surface area contributed by atoms with Gasteiger partial charge in [-0.15, -0.1) is 23.1 Å². The Balaban J connectivity index is 1.58. The lowest BCUT2D eigenvalue weighted by Gasteiger charge is -2.29. The molecule has 2 aliphatic heterocycles. The first-order valence-corrected chi connectivity index (χ1v) is 10.2. The number of nitriles is 1. The molecule has 7 heteroatoms. The van der Waals surface area contributed by atoms with Crippen LogP contribution in [-0.4, -0.2) is 33.4 Å². The second kappa shape index (κ2) is 5.78. The molecule has 1 aromatic heterocycles. The van der Waals surface area contributed by atoms with Gasteiger partial charge < -0.3 is 10.2 Å². The summed E-state index contributed by atoms with van der Waals surface area (Å²) in [7, 11) is 0. The summed E-state index contributed by atoms with van der Waals surface area (Å²) in [5.74, 6) is 0.534. The molecule has 0 radical (unpaired) electrons. The molecule has 3 heterocycles. The largest absolute Gasteiger partial charge is 0.315 e. The highest BCUT2D eigenvalue weighted by Gasteiger charge is 2.53. The first kappa shape index (κ1) is 16.0. The second-order valence-corrected chi connectivity index (χ2v) is 9.39.